The normalized spacial score (nSPS) is 18.1. The first-order chi connectivity index (χ1) is 14.2. The van der Waals surface area contributed by atoms with Crippen molar-refractivity contribution in [2.75, 3.05) is 13.1 Å². The Morgan fingerprint density at radius 2 is 1.74 bits per heavy atom. The van der Waals surface area contributed by atoms with Crippen molar-refractivity contribution in [1.29, 1.82) is 0 Å². The summed E-state index contributed by atoms with van der Waals surface area (Å²) in [4.78, 5) is 26.9. The summed E-state index contributed by atoms with van der Waals surface area (Å²) in [5, 5.41) is 9.29. The number of esters is 1. The highest BCUT2D eigenvalue weighted by atomic mass is 19.1. The maximum Gasteiger partial charge on any atom is 0.410 e. The molecule has 6 nitrogen and oxygen atoms in total. The fourth-order valence-electron chi connectivity index (χ4n) is 3.61. The Bertz CT molecular complexity index is 813. The van der Waals surface area contributed by atoms with Gasteiger partial charge in [0, 0.05) is 18.7 Å². The van der Waals surface area contributed by atoms with Crippen LogP contribution in [0.5, 0.6) is 0 Å². The number of halogens is 2. The minimum absolute atomic E-state index is 0.0269. The second-order valence-corrected chi connectivity index (χ2v) is 9.98. The lowest BCUT2D eigenvalue weighted by Gasteiger charge is -2.28. The lowest BCUT2D eigenvalue weighted by Crippen LogP contribution is -2.38. The van der Waals surface area contributed by atoms with Gasteiger partial charge >= 0.3 is 12.1 Å². The first-order valence-electron chi connectivity index (χ1n) is 10.5. The van der Waals surface area contributed by atoms with Gasteiger partial charge in [0.1, 0.15) is 22.8 Å². The summed E-state index contributed by atoms with van der Waals surface area (Å²) in [5.41, 5.74) is -1.69. The number of likely N-dealkylation sites (tertiary alicyclic amines) is 1. The molecule has 0 unspecified atom stereocenters. The molecule has 174 valence electrons. The molecule has 1 N–H and O–H groups in total. The predicted octanol–water partition coefficient (Wildman–Crippen LogP) is 4.21. The number of hydrogen-bond acceptors (Lipinski definition) is 5. The zero-order valence-electron chi connectivity index (χ0n) is 19.1. The van der Waals surface area contributed by atoms with E-state index in [0.29, 0.717) is 13.0 Å². The van der Waals surface area contributed by atoms with Crippen molar-refractivity contribution in [3.8, 4) is 0 Å². The summed E-state index contributed by atoms with van der Waals surface area (Å²) < 4.78 is 39.5. The Morgan fingerprint density at radius 3 is 2.29 bits per heavy atom. The van der Waals surface area contributed by atoms with Crippen molar-refractivity contribution in [2.45, 2.75) is 72.2 Å². The minimum Gasteiger partial charge on any atom is -0.460 e. The summed E-state index contributed by atoms with van der Waals surface area (Å²) in [7, 11) is 0. The first kappa shape index (κ1) is 25.0. The maximum absolute atomic E-state index is 14.7. The standard InChI is InChI=1S/C23H33F2NO5/c1-22(2,3)30-20(28)16(11-14-7-8-18(24)17(13-27)19(14)25)15-9-10-26(12-15)21(29)31-23(4,5)6/h7-8,15-16,27H,9-13H2,1-6H3/t15-,16-/m0/s1. The van der Waals surface area contributed by atoms with E-state index in [9.17, 15) is 23.5 Å². The van der Waals surface area contributed by atoms with Crippen LogP contribution in [0.15, 0.2) is 12.1 Å². The van der Waals surface area contributed by atoms with Gasteiger partial charge in [-0.3, -0.25) is 4.79 Å². The minimum atomic E-state index is -0.863. The number of aliphatic hydroxyl groups excluding tert-OH is 1. The molecule has 8 heteroatoms. The van der Waals surface area contributed by atoms with Crippen molar-refractivity contribution < 1.29 is 33.0 Å². The van der Waals surface area contributed by atoms with Gasteiger partial charge in [-0.1, -0.05) is 6.07 Å². The molecule has 0 bridgehead atoms. The third kappa shape index (κ3) is 6.89. The summed E-state index contributed by atoms with van der Waals surface area (Å²) >= 11 is 0. The maximum atomic E-state index is 14.7. The Hall–Kier alpha value is -2.22. The van der Waals surface area contributed by atoms with Gasteiger partial charge < -0.3 is 19.5 Å². The summed E-state index contributed by atoms with van der Waals surface area (Å²) in [5.74, 6) is -3.21. The molecule has 0 aromatic heterocycles. The van der Waals surface area contributed by atoms with E-state index in [0.717, 1.165) is 6.07 Å². The molecular formula is C23H33F2NO5. The van der Waals surface area contributed by atoms with Gasteiger partial charge in [-0.2, -0.15) is 0 Å². The third-order valence-corrected chi connectivity index (χ3v) is 5.02. The Balaban J connectivity index is 2.27. The quantitative estimate of drug-likeness (QED) is 0.693. The number of aliphatic hydroxyl groups is 1. The van der Waals surface area contributed by atoms with E-state index in [4.69, 9.17) is 9.47 Å². The molecule has 2 atom stereocenters. The lowest BCUT2D eigenvalue weighted by molar-refractivity contribution is -0.162. The van der Waals surface area contributed by atoms with Gasteiger partial charge in [-0.25, -0.2) is 13.6 Å². The van der Waals surface area contributed by atoms with Crippen LogP contribution in [0.1, 0.15) is 59.1 Å². The number of ether oxygens (including phenoxy) is 2. The second-order valence-electron chi connectivity index (χ2n) is 9.98. The van der Waals surface area contributed by atoms with Crippen LogP contribution < -0.4 is 0 Å². The van der Waals surface area contributed by atoms with Gasteiger partial charge in [0.25, 0.3) is 0 Å². The zero-order chi connectivity index (χ0) is 23.6. The lowest BCUT2D eigenvalue weighted by atomic mass is 9.85. The largest absolute Gasteiger partial charge is 0.460 e. The van der Waals surface area contributed by atoms with Crippen molar-refractivity contribution >= 4 is 12.1 Å². The van der Waals surface area contributed by atoms with Crippen molar-refractivity contribution in [1.82, 2.24) is 4.90 Å². The van der Waals surface area contributed by atoms with E-state index in [-0.39, 0.29) is 24.4 Å². The molecule has 1 fully saturated rings. The number of nitrogens with zero attached hydrogens (tertiary/aromatic N) is 1. The fourth-order valence-corrected chi connectivity index (χ4v) is 3.61. The molecule has 0 radical (unpaired) electrons. The van der Waals surface area contributed by atoms with Crippen LogP contribution >= 0.6 is 0 Å². The van der Waals surface area contributed by atoms with Crippen LogP contribution in [0.2, 0.25) is 0 Å². The molecule has 1 heterocycles. The average molecular weight is 442 g/mol. The Kier molecular flexibility index (Phi) is 7.68. The first-order valence-corrected chi connectivity index (χ1v) is 10.5. The molecule has 0 saturated carbocycles. The van der Waals surface area contributed by atoms with Crippen LogP contribution in [-0.2, 0) is 27.3 Å². The molecule has 2 rings (SSSR count). The zero-order valence-corrected chi connectivity index (χ0v) is 19.1. The molecule has 1 aliphatic heterocycles. The van der Waals surface area contributed by atoms with Crippen molar-refractivity contribution in [2.24, 2.45) is 11.8 Å². The van der Waals surface area contributed by atoms with Gasteiger partial charge in [-0.05, 0) is 71.9 Å². The molecule has 0 spiro atoms. The van der Waals surface area contributed by atoms with E-state index in [1.54, 1.807) is 41.5 Å². The van der Waals surface area contributed by atoms with Crippen LogP contribution in [0.4, 0.5) is 13.6 Å². The number of carbonyl (C=O) groups excluding carboxylic acids is 2. The number of benzene rings is 1. The molecule has 1 aliphatic rings. The Morgan fingerprint density at radius 1 is 1.13 bits per heavy atom. The highest BCUT2D eigenvalue weighted by Gasteiger charge is 2.39. The van der Waals surface area contributed by atoms with Crippen LogP contribution in [0.3, 0.4) is 0 Å². The predicted molar refractivity (Wildman–Crippen MR) is 111 cm³/mol. The number of rotatable bonds is 5. The monoisotopic (exact) mass is 441 g/mol. The summed E-state index contributed by atoms with van der Waals surface area (Å²) in [6, 6.07) is 2.36. The smallest absolute Gasteiger partial charge is 0.410 e. The SMILES string of the molecule is CC(C)(C)OC(=O)[C@@H](Cc1ccc(F)c(CO)c1F)[C@H]1CCN(C(=O)OC(C)(C)C)C1. The molecule has 1 saturated heterocycles. The van der Waals surface area contributed by atoms with E-state index < -0.39 is 53.0 Å². The number of carbonyl (C=O) groups is 2. The van der Waals surface area contributed by atoms with Crippen molar-refractivity contribution in [3.05, 3.63) is 34.9 Å². The van der Waals surface area contributed by atoms with Gasteiger partial charge in [0.2, 0.25) is 0 Å². The Labute approximate surface area is 182 Å². The van der Waals surface area contributed by atoms with E-state index in [1.807, 2.05) is 0 Å². The highest BCUT2D eigenvalue weighted by Crippen LogP contribution is 2.32. The summed E-state index contributed by atoms with van der Waals surface area (Å²) in [6.07, 6.45) is 0.0353. The van der Waals surface area contributed by atoms with E-state index >= 15 is 0 Å². The highest BCUT2D eigenvalue weighted by molar-refractivity contribution is 5.74. The van der Waals surface area contributed by atoms with Gasteiger partial charge in [0.05, 0.1) is 12.5 Å². The van der Waals surface area contributed by atoms with Crippen molar-refractivity contribution in [3.63, 3.8) is 0 Å². The molecule has 1 aromatic rings. The summed E-state index contributed by atoms with van der Waals surface area (Å²) in [6.45, 7) is 10.5. The average Bonchev–Trinajstić information content (AvgIpc) is 3.08. The van der Waals surface area contributed by atoms with E-state index in [2.05, 4.69) is 0 Å². The molecule has 31 heavy (non-hydrogen) atoms. The molecule has 1 aromatic carbocycles. The molecular weight excluding hydrogens is 408 g/mol. The molecule has 0 aliphatic carbocycles. The van der Waals surface area contributed by atoms with Crippen LogP contribution in [0, 0.1) is 23.5 Å². The number of hydrogen-bond donors (Lipinski definition) is 1. The second kappa shape index (κ2) is 9.51. The van der Waals surface area contributed by atoms with E-state index in [1.165, 1.54) is 11.0 Å². The number of amides is 1. The van der Waals surface area contributed by atoms with Crippen LogP contribution in [-0.4, -0.2) is 46.4 Å². The van der Waals surface area contributed by atoms with Gasteiger partial charge in [0.15, 0.2) is 0 Å². The molecule has 1 amide bonds. The fraction of sp³-hybridized carbons (Fsp3) is 0.652. The van der Waals surface area contributed by atoms with Gasteiger partial charge in [-0.15, -0.1) is 0 Å². The van der Waals surface area contributed by atoms with Crippen LogP contribution in [0.25, 0.3) is 0 Å². The topological polar surface area (TPSA) is 76.1 Å². The third-order valence-electron chi connectivity index (χ3n) is 5.02.